The summed E-state index contributed by atoms with van der Waals surface area (Å²) < 4.78 is 48.0. The molecule has 0 aliphatic rings. The van der Waals surface area contributed by atoms with Gasteiger partial charge in [0, 0.05) is 32.6 Å². The Labute approximate surface area is 224 Å². The van der Waals surface area contributed by atoms with Gasteiger partial charge in [-0.2, -0.15) is 5.26 Å². The Morgan fingerprint density at radius 2 is 1.85 bits per heavy atom. The zero-order valence-electron chi connectivity index (χ0n) is 21.8. The molecule has 0 fully saturated rings. The van der Waals surface area contributed by atoms with E-state index in [2.05, 4.69) is 30.7 Å². The minimum absolute atomic E-state index is 0.0665. The minimum Gasteiger partial charge on any atom is -0.495 e. The second-order valence-electron chi connectivity index (χ2n) is 9.99. The number of rotatable bonds is 10. The van der Waals surface area contributed by atoms with E-state index in [1.165, 1.54) is 19.4 Å². The van der Waals surface area contributed by atoms with Gasteiger partial charge in [-0.25, -0.2) is 13.8 Å². The molecule has 2 aromatic carbocycles. The second kappa shape index (κ2) is 11.2. The van der Waals surface area contributed by atoms with Crippen LogP contribution in [-0.2, 0) is 11.5 Å². The molecular formula is C27H26F2N4O5Si. The zero-order valence-corrected chi connectivity index (χ0v) is 22.8. The molecule has 0 saturated carbocycles. The quantitative estimate of drug-likeness (QED) is 0.0912. The lowest BCUT2D eigenvalue weighted by atomic mass is 10.0. The van der Waals surface area contributed by atoms with Gasteiger partial charge in [0.15, 0.2) is 17.4 Å². The number of nitriles is 1. The van der Waals surface area contributed by atoms with E-state index in [1.807, 2.05) is 0 Å². The van der Waals surface area contributed by atoms with E-state index in [4.69, 9.17) is 14.2 Å². The molecule has 0 aliphatic carbocycles. The Bertz CT molecular complexity index is 1570. The van der Waals surface area contributed by atoms with Gasteiger partial charge in [-0.15, -0.1) is 0 Å². The van der Waals surface area contributed by atoms with Crippen LogP contribution < -0.4 is 9.47 Å². The topological polar surface area (TPSA) is 112 Å². The summed E-state index contributed by atoms with van der Waals surface area (Å²) in [6, 6.07) is 10.7. The van der Waals surface area contributed by atoms with Gasteiger partial charge in [0.1, 0.15) is 29.9 Å². The maximum Gasteiger partial charge on any atom is 0.275 e. The monoisotopic (exact) mass is 552 g/mol. The first kappa shape index (κ1) is 27.7. The number of nitro groups is 1. The molecule has 4 rings (SSSR count). The summed E-state index contributed by atoms with van der Waals surface area (Å²) >= 11 is 0. The maximum atomic E-state index is 14.7. The van der Waals surface area contributed by atoms with Crippen molar-refractivity contribution in [2.75, 3.05) is 13.7 Å². The van der Waals surface area contributed by atoms with Crippen LogP contribution in [0.2, 0.25) is 25.7 Å². The van der Waals surface area contributed by atoms with Crippen LogP contribution >= 0.6 is 0 Å². The fraction of sp³-hybridized carbons (Fsp3) is 0.259. The largest absolute Gasteiger partial charge is 0.495 e. The number of nitro benzene ring substituents is 1. The van der Waals surface area contributed by atoms with Crippen LogP contribution in [0, 0.1) is 33.1 Å². The molecule has 0 atom stereocenters. The van der Waals surface area contributed by atoms with E-state index < -0.39 is 36.1 Å². The molecule has 0 spiro atoms. The number of aromatic nitrogens is 2. The van der Waals surface area contributed by atoms with E-state index in [9.17, 15) is 24.2 Å². The van der Waals surface area contributed by atoms with Crippen molar-refractivity contribution in [3.8, 4) is 34.4 Å². The summed E-state index contributed by atoms with van der Waals surface area (Å²) in [5.41, 5.74) is 1.17. The molecule has 0 bridgehead atoms. The third-order valence-electron chi connectivity index (χ3n) is 5.98. The van der Waals surface area contributed by atoms with E-state index in [0.29, 0.717) is 52.2 Å². The third kappa shape index (κ3) is 6.05. The lowest BCUT2D eigenvalue weighted by Gasteiger charge is -2.15. The van der Waals surface area contributed by atoms with Gasteiger partial charge in [-0.1, -0.05) is 25.7 Å². The summed E-state index contributed by atoms with van der Waals surface area (Å²) in [6.07, 6.45) is 3.19. The van der Waals surface area contributed by atoms with Gasteiger partial charge in [0.2, 0.25) is 0 Å². The molecule has 0 aliphatic heterocycles. The third-order valence-corrected chi connectivity index (χ3v) is 7.69. The van der Waals surface area contributed by atoms with Crippen LogP contribution in [-0.4, -0.2) is 36.3 Å². The molecule has 0 N–H and O–H groups in total. The second-order valence-corrected chi connectivity index (χ2v) is 15.6. The molecule has 0 amide bonds. The fourth-order valence-corrected chi connectivity index (χ4v) is 4.71. The summed E-state index contributed by atoms with van der Waals surface area (Å²) in [6.45, 7) is 7.47. The van der Waals surface area contributed by atoms with Crippen molar-refractivity contribution in [1.82, 2.24) is 9.55 Å². The van der Waals surface area contributed by atoms with Gasteiger partial charge < -0.3 is 18.8 Å². The lowest BCUT2D eigenvalue weighted by molar-refractivity contribution is -0.385. The molecule has 2 aromatic heterocycles. The number of nitrogens with zero attached hydrogens (tertiary/aromatic N) is 4. The number of methoxy groups -OCH3 is 1. The molecule has 39 heavy (non-hydrogen) atoms. The molecule has 202 valence electrons. The van der Waals surface area contributed by atoms with Crippen molar-refractivity contribution < 1.29 is 27.9 Å². The standard InChI is InChI=1S/C27H26F2N4O5Si/c1-36-23-6-5-17(11-18(23)14-30)20-15-32(16-37-9-10-39(2,3)4)27-25(20)24(7-8-31-27)38-26-21(28)12-19(33(34)35)13-22(26)29/h5-8,11-13,15H,9-10,16H2,1-4H3. The Kier molecular flexibility index (Phi) is 7.94. The van der Waals surface area contributed by atoms with E-state index in [0.717, 1.165) is 6.04 Å². The number of ether oxygens (including phenoxy) is 3. The first-order valence-electron chi connectivity index (χ1n) is 12.0. The molecule has 2 heterocycles. The number of non-ortho nitro benzene ring substituents is 1. The van der Waals surface area contributed by atoms with Gasteiger partial charge in [-0.05, 0) is 29.8 Å². The van der Waals surface area contributed by atoms with Crippen LogP contribution in [0.15, 0.2) is 48.8 Å². The van der Waals surface area contributed by atoms with Crippen molar-refractivity contribution in [2.24, 2.45) is 0 Å². The molecule has 4 aromatic rings. The number of halogens is 2. The highest BCUT2D eigenvalue weighted by Crippen LogP contribution is 2.40. The fourth-order valence-electron chi connectivity index (χ4n) is 3.95. The maximum absolute atomic E-state index is 14.7. The summed E-state index contributed by atoms with van der Waals surface area (Å²) in [5.74, 6) is -2.77. The van der Waals surface area contributed by atoms with Crippen LogP contribution in [0.5, 0.6) is 17.2 Å². The summed E-state index contributed by atoms with van der Waals surface area (Å²) in [7, 11) is 0.145. The molecule has 9 nitrogen and oxygen atoms in total. The number of pyridine rings is 1. The summed E-state index contributed by atoms with van der Waals surface area (Å²) in [4.78, 5) is 14.6. The zero-order chi connectivity index (χ0) is 28.3. The van der Waals surface area contributed by atoms with Gasteiger partial charge in [0.05, 0.1) is 35.1 Å². The van der Waals surface area contributed by atoms with E-state index >= 15 is 0 Å². The summed E-state index contributed by atoms with van der Waals surface area (Å²) in [5, 5.41) is 21.0. The number of hydrogen-bond acceptors (Lipinski definition) is 7. The Morgan fingerprint density at radius 1 is 1.13 bits per heavy atom. The van der Waals surface area contributed by atoms with E-state index in [1.54, 1.807) is 29.0 Å². The lowest BCUT2D eigenvalue weighted by Crippen LogP contribution is -2.22. The van der Waals surface area contributed by atoms with Crippen LogP contribution in [0.25, 0.3) is 22.2 Å². The highest BCUT2D eigenvalue weighted by atomic mass is 28.3. The van der Waals surface area contributed by atoms with Crippen molar-refractivity contribution in [3.05, 3.63) is 76.1 Å². The van der Waals surface area contributed by atoms with Crippen molar-refractivity contribution in [1.29, 1.82) is 5.26 Å². The SMILES string of the molecule is COc1ccc(-c2cn(COCC[Si](C)(C)C)c3nccc(Oc4c(F)cc([N+](=O)[O-])cc4F)c23)cc1C#N. The van der Waals surface area contributed by atoms with Gasteiger partial charge in [0.25, 0.3) is 5.69 Å². The van der Waals surface area contributed by atoms with Gasteiger partial charge in [-0.3, -0.25) is 10.1 Å². The Morgan fingerprint density at radius 3 is 2.46 bits per heavy atom. The van der Waals surface area contributed by atoms with Crippen molar-refractivity contribution in [3.63, 3.8) is 0 Å². The predicted octanol–water partition coefficient (Wildman–Crippen LogP) is 6.87. The number of fused-ring (bicyclic) bond motifs is 1. The minimum atomic E-state index is -1.32. The molecular weight excluding hydrogens is 526 g/mol. The average molecular weight is 553 g/mol. The molecule has 0 saturated heterocycles. The molecule has 0 unspecified atom stereocenters. The van der Waals surface area contributed by atoms with Gasteiger partial charge >= 0.3 is 0 Å². The normalized spacial score (nSPS) is 11.4. The van der Waals surface area contributed by atoms with Crippen molar-refractivity contribution in [2.45, 2.75) is 32.4 Å². The first-order chi connectivity index (χ1) is 18.5. The van der Waals surface area contributed by atoms with Crippen LogP contribution in [0.3, 0.4) is 0 Å². The van der Waals surface area contributed by atoms with Crippen molar-refractivity contribution >= 4 is 24.8 Å². The van der Waals surface area contributed by atoms with E-state index in [-0.39, 0.29) is 12.5 Å². The number of hydrogen-bond donors (Lipinski definition) is 0. The molecule has 0 radical (unpaired) electrons. The highest BCUT2D eigenvalue weighted by Gasteiger charge is 2.23. The highest BCUT2D eigenvalue weighted by molar-refractivity contribution is 6.76. The predicted molar refractivity (Wildman–Crippen MR) is 144 cm³/mol. The van der Waals surface area contributed by atoms with Crippen LogP contribution in [0.1, 0.15) is 5.56 Å². The average Bonchev–Trinajstić information content (AvgIpc) is 3.27. The number of benzene rings is 2. The van der Waals surface area contributed by atoms with Crippen LogP contribution in [0.4, 0.5) is 14.5 Å². The first-order valence-corrected chi connectivity index (χ1v) is 15.7. The Balaban J connectivity index is 1.83. The Hall–Kier alpha value is -4.34. The smallest absolute Gasteiger partial charge is 0.275 e. The molecule has 12 heteroatoms.